The Labute approximate surface area is 124 Å². The fourth-order valence-corrected chi connectivity index (χ4v) is 1.86. The lowest BCUT2D eigenvalue weighted by atomic mass is 10.3. The number of carbonyl (C=O) groups is 1. The van der Waals surface area contributed by atoms with Crippen molar-refractivity contribution in [1.82, 2.24) is 24.8 Å². The first-order chi connectivity index (χ1) is 10.7. The number of carbonyl (C=O) groups excluding carboxylic acids is 1. The van der Waals surface area contributed by atoms with Crippen molar-refractivity contribution >= 4 is 5.97 Å². The van der Waals surface area contributed by atoms with Crippen LogP contribution >= 0.6 is 0 Å². The van der Waals surface area contributed by atoms with Gasteiger partial charge in [0.25, 0.3) is 0 Å². The summed E-state index contributed by atoms with van der Waals surface area (Å²) in [7, 11) is 0. The third-order valence-corrected chi connectivity index (χ3v) is 2.92. The van der Waals surface area contributed by atoms with E-state index in [-0.39, 0.29) is 12.4 Å². The van der Waals surface area contributed by atoms with E-state index in [0.29, 0.717) is 17.8 Å². The minimum absolute atomic E-state index is 0.174. The molecular formula is C14H12FN5O2. The Hall–Kier alpha value is -3.03. The third kappa shape index (κ3) is 3.17. The summed E-state index contributed by atoms with van der Waals surface area (Å²) in [5.74, 6) is -0.868. The molecule has 0 N–H and O–H groups in total. The van der Waals surface area contributed by atoms with Crippen molar-refractivity contribution in [1.29, 1.82) is 0 Å². The average Bonchev–Trinajstić information content (AvgIpc) is 3.19. The Morgan fingerprint density at radius 2 is 2.27 bits per heavy atom. The monoisotopic (exact) mass is 301 g/mol. The van der Waals surface area contributed by atoms with Gasteiger partial charge in [-0.2, -0.15) is 5.10 Å². The molecular weight excluding hydrogens is 289 g/mol. The number of aromatic nitrogens is 5. The summed E-state index contributed by atoms with van der Waals surface area (Å²) in [4.78, 5) is 11.9. The zero-order valence-corrected chi connectivity index (χ0v) is 11.5. The molecule has 0 fully saturated rings. The standard InChI is InChI=1S/C14H12FN5O2/c15-12-2-1-3-13(8-12)20-10-11(9-17-20)14(21)22-7-6-19-5-4-16-18-19/h1-5,8-10H,6-7H2. The number of ether oxygens (including phenoxy) is 1. The van der Waals surface area contributed by atoms with Crippen LogP contribution in [0.1, 0.15) is 10.4 Å². The number of esters is 1. The van der Waals surface area contributed by atoms with Crippen molar-refractivity contribution in [2.75, 3.05) is 6.61 Å². The molecule has 0 radical (unpaired) electrons. The highest BCUT2D eigenvalue weighted by Crippen LogP contribution is 2.10. The molecule has 22 heavy (non-hydrogen) atoms. The zero-order chi connectivity index (χ0) is 15.4. The molecule has 3 rings (SSSR count). The first-order valence-corrected chi connectivity index (χ1v) is 6.54. The van der Waals surface area contributed by atoms with E-state index in [9.17, 15) is 9.18 Å². The fourth-order valence-electron chi connectivity index (χ4n) is 1.86. The van der Waals surface area contributed by atoms with Gasteiger partial charge in [-0.25, -0.2) is 18.5 Å². The van der Waals surface area contributed by atoms with E-state index >= 15 is 0 Å². The van der Waals surface area contributed by atoms with Crippen molar-refractivity contribution in [3.8, 4) is 5.69 Å². The van der Waals surface area contributed by atoms with Gasteiger partial charge in [-0.1, -0.05) is 11.3 Å². The Bertz CT molecular complexity index is 769. The smallest absolute Gasteiger partial charge is 0.341 e. The van der Waals surface area contributed by atoms with Gasteiger partial charge in [0.15, 0.2) is 0 Å². The molecule has 0 unspecified atom stereocenters. The number of halogens is 1. The SMILES string of the molecule is O=C(OCCn1ccnn1)c1cnn(-c2cccc(F)c2)c1. The van der Waals surface area contributed by atoms with Crippen molar-refractivity contribution in [3.63, 3.8) is 0 Å². The number of rotatable bonds is 5. The molecule has 3 aromatic rings. The van der Waals surface area contributed by atoms with Crippen LogP contribution in [-0.2, 0) is 11.3 Å². The van der Waals surface area contributed by atoms with Crippen LogP contribution in [0.25, 0.3) is 5.69 Å². The molecule has 1 aromatic carbocycles. The van der Waals surface area contributed by atoms with E-state index in [1.165, 1.54) is 29.2 Å². The van der Waals surface area contributed by atoms with Gasteiger partial charge in [-0.15, -0.1) is 5.10 Å². The van der Waals surface area contributed by atoms with Crippen molar-refractivity contribution in [2.24, 2.45) is 0 Å². The molecule has 2 aromatic heterocycles. The van der Waals surface area contributed by atoms with Crippen LogP contribution in [0.15, 0.2) is 49.1 Å². The summed E-state index contributed by atoms with van der Waals surface area (Å²) in [6.45, 7) is 0.594. The molecule has 0 bridgehead atoms. The lowest BCUT2D eigenvalue weighted by molar-refractivity contribution is 0.0487. The molecule has 0 aliphatic heterocycles. The lowest BCUT2D eigenvalue weighted by Crippen LogP contribution is -2.11. The third-order valence-electron chi connectivity index (χ3n) is 2.92. The van der Waals surface area contributed by atoms with Crippen LogP contribution < -0.4 is 0 Å². The van der Waals surface area contributed by atoms with Crippen LogP contribution in [0.5, 0.6) is 0 Å². The molecule has 112 valence electrons. The summed E-state index contributed by atoms with van der Waals surface area (Å²) in [5.41, 5.74) is 0.824. The Morgan fingerprint density at radius 1 is 1.36 bits per heavy atom. The number of nitrogens with zero attached hydrogens (tertiary/aromatic N) is 5. The molecule has 0 aliphatic rings. The van der Waals surface area contributed by atoms with Gasteiger partial charge in [0.1, 0.15) is 12.4 Å². The molecule has 8 heteroatoms. The summed E-state index contributed by atoms with van der Waals surface area (Å²) in [6, 6.07) is 5.93. The highest BCUT2D eigenvalue weighted by atomic mass is 19.1. The molecule has 7 nitrogen and oxygen atoms in total. The lowest BCUT2D eigenvalue weighted by Gasteiger charge is -2.03. The predicted octanol–water partition coefficient (Wildman–Crippen LogP) is 1.46. The highest BCUT2D eigenvalue weighted by Gasteiger charge is 2.11. The Balaban J connectivity index is 1.62. The van der Waals surface area contributed by atoms with E-state index < -0.39 is 5.97 Å². The Morgan fingerprint density at radius 3 is 3.05 bits per heavy atom. The molecule has 0 aliphatic carbocycles. The molecule has 0 saturated heterocycles. The molecule has 2 heterocycles. The first kappa shape index (κ1) is 13.9. The quantitative estimate of drug-likeness (QED) is 0.667. The highest BCUT2D eigenvalue weighted by molar-refractivity contribution is 5.88. The van der Waals surface area contributed by atoms with E-state index in [1.54, 1.807) is 29.2 Å². The normalized spacial score (nSPS) is 10.6. The largest absolute Gasteiger partial charge is 0.460 e. The summed E-state index contributed by atoms with van der Waals surface area (Å²) in [6.07, 6.45) is 6.09. The molecule has 0 atom stereocenters. The topological polar surface area (TPSA) is 74.8 Å². The van der Waals surface area contributed by atoms with Crippen LogP contribution in [-0.4, -0.2) is 37.4 Å². The van der Waals surface area contributed by atoms with Crippen molar-refractivity contribution < 1.29 is 13.9 Å². The van der Waals surface area contributed by atoms with E-state index in [0.717, 1.165) is 0 Å². The maximum absolute atomic E-state index is 13.2. The van der Waals surface area contributed by atoms with Gasteiger partial charge in [0.05, 0.1) is 30.2 Å². The van der Waals surface area contributed by atoms with Crippen molar-refractivity contribution in [2.45, 2.75) is 6.54 Å². The minimum atomic E-state index is -0.497. The van der Waals surface area contributed by atoms with Gasteiger partial charge in [0.2, 0.25) is 0 Å². The maximum atomic E-state index is 13.2. The minimum Gasteiger partial charge on any atom is -0.460 e. The molecule has 0 saturated carbocycles. The van der Waals surface area contributed by atoms with E-state index in [2.05, 4.69) is 15.4 Å². The van der Waals surface area contributed by atoms with Gasteiger partial charge in [-0.05, 0) is 18.2 Å². The van der Waals surface area contributed by atoms with Gasteiger partial charge < -0.3 is 4.74 Å². The second-order valence-electron chi connectivity index (χ2n) is 4.46. The van der Waals surface area contributed by atoms with Crippen LogP contribution in [0.4, 0.5) is 4.39 Å². The second kappa shape index (κ2) is 6.17. The number of hydrogen-bond donors (Lipinski definition) is 0. The fraction of sp³-hybridized carbons (Fsp3) is 0.143. The zero-order valence-electron chi connectivity index (χ0n) is 11.5. The average molecular weight is 301 g/mol. The van der Waals surface area contributed by atoms with Gasteiger partial charge in [0, 0.05) is 12.4 Å². The van der Waals surface area contributed by atoms with Crippen LogP contribution in [0.3, 0.4) is 0 Å². The number of hydrogen-bond acceptors (Lipinski definition) is 5. The van der Waals surface area contributed by atoms with Gasteiger partial charge >= 0.3 is 5.97 Å². The predicted molar refractivity (Wildman–Crippen MR) is 73.8 cm³/mol. The Kier molecular flexibility index (Phi) is 3.90. The molecule has 0 amide bonds. The summed E-state index contributed by atoms with van der Waals surface area (Å²) >= 11 is 0. The van der Waals surface area contributed by atoms with Crippen LogP contribution in [0.2, 0.25) is 0 Å². The second-order valence-corrected chi connectivity index (χ2v) is 4.46. The number of benzene rings is 1. The van der Waals surface area contributed by atoms with Gasteiger partial charge in [-0.3, -0.25) is 0 Å². The first-order valence-electron chi connectivity index (χ1n) is 6.54. The summed E-state index contributed by atoms with van der Waals surface area (Å²) < 4.78 is 21.3. The van der Waals surface area contributed by atoms with Crippen LogP contribution in [0, 0.1) is 5.82 Å². The van der Waals surface area contributed by atoms with Crippen molar-refractivity contribution in [3.05, 3.63) is 60.4 Å². The van der Waals surface area contributed by atoms with E-state index in [1.807, 2.05) is 0 Å². The summed E-state index contributed by atoms with van der Waals surface area (Å²) in [5, 5.41) is 11.4. The maximum Gasteiger partial charge on any atom is 0.341 e. The molecule has 0 spiro atoms. The van der Waals surface area contributed by atoms with E-state index in [4.69, 9.17) is 4.74 Å².